The average molecular weight is 1550 g/mol. The Morgan fingerprint density at radius 3 is 0.804 bits per heavy atom. The van der Waals surface area contributed by atoms with Crippen molar-refractivity contribution in [2.24, 2.45) is 57.9 Å². The van der Waals surface area contributed by atoms with Crippen molar-refractivity contribution in [1.82, 2.24) is 38.5 Å². The number of likely N-dealkylation sites (tertiary alicyclic amines) is 1. The van der Waals surface area contributed by atoms with E-state index in [4.69, 9.17) is 53.1 Å². The van der Waals surface area contributed by atoms with Crippen molar-refractivity contribution in [3.8, 4) is 0 Å². The highest BCUT2D eigenvalue weighted by Gasteiger charge is 2.36. The highest BCUT2D eigenvalue weighted by atomic mass is 16.3. The molecule has 3 aromatic carbocycles. The van der Waals surface area contributed by atoms with Crippen molar-refractivity contribution in [2.45, 2.75) is 214 Å². The van der Waals surface area contributed by atoms with Crippen LogP contribution in [0.3, 0.4) is 0 Å². The first-order chi connectivity index (χ1) is 50.1. The zero-order chi connectivity index (χ0) is 89.2. The van der Waals surface area contributed by atoms with Gasteiger partial charge in [-0.25, -0.2) is 0 Å². The third-order valence-electron chi connectivity index (χ3n) is 10.2. The third kappa shape index (κ3) is 165. The number of nitrogens with one attached hydrogen (secondary N) is 1. The Balaban J connectivity index is -0.0000000352. The van der Waals surface area contributed by atoms with Gasteiger partial charge in [0, 0.05) is 53.1 Å². The van der Waals surface area contributed by atoms with Crippen molar-refractivity contribution in [3.63, 3.8) is 0 Å². The van der Waals surface area contributed by atoms with Gasteiger partial charge in [-0.3, -0.25) is 19.2 Å². The number of benzene rings is 3. The number of aryl methyl sites for hydroxylation is 1. The van der Waals surface area contributed by atoms with Gasteiger partial charge in [-0.05, 0) is 130 Å². The summed E-state index contributed by atoms with van der Waals surface area (Å²) >= 11 is 0. The van der Waals surface area contributed by atoms with Crippen LogP contribution in [0.1, 0.15) is 187 Å². The molecule has 1 saturated heterocycles. The lowest BCUT2D eigenvalue weighted by Gasteiger charge is -2.35. The van der Waals surface area contributed by atoms with Gasteiger partial charge in [0.1, 0.15) is 86.0 Å². The summed E-state index contributed by atoms with van der Waals surface area (Å²) < 4.78 is 0. The molecule has 0 unspecified atom stereocenters. The van der Waals surface area contributed by atoms with Crippen LogP contribution in [0.2, 0.25) is 0 Å². The molecule has 107 heavy (non-hydrogen) atoms. The van der Waals surface area contributed by atoms with E-state index in [1.54, 1.807) is 39.8 Å². The first kappa shape index (κ1) is 174. The van der Waals surface area contributed by atoms with E-state index in [0.717, 1.165) is 54.6 Å². The highest BCUT2D eigenvalue weighted by Crippen LogP contribution is 2.17. The number of carbonyl (C=O) groups is 14. The molecule has 29 heteroatoms. The standard InChI is InChI=1S/C30H40N4O4.C8H10.2C5H12.C4H10.C3H8O.3C2H6.7CH5N.10CH2O.3H3N/c1-22(29(37)34-18-12-7-13-19-34)31-28(36)26(20-24-14-8-5-9-15-24)33(4)30(38)27(32(3)23(2)35)21-25-16-10-6-11-17-25;1-2-8-6-4-3-5-7-8;2*1-4-5(2)3;1-4(2)3;1-3(2)4;20*1-2;;;/h5-6,8-11,14-17,22,26-27H,7,12-13,18-21H2,1-4H3,(H,31,36);3-7H,2H2,1H3;2*5H,4H2,1-3H3;4H,1-3H3;3-4H,1-2H3;3*1-2H3;7*2H2,1H3;10*1H2;3*1H3/t22-,26-,27-;;;;;;;;;;;;;;;;;;;;;;;;;;;;/m0............................/s1. The Morgan fingerprint density at radius 1 is 0.411 bits per heavy atom. The Morgan fingerprint density at radius 2 is 0.617 bits per heavy atom. The lowest BCUT2D eigenvalue weighted by atomic mass is 10.00. The van der Waals surface area contributed by atoms with Gasteiger partial charge < -0.3 is 132 Å². The predicted molar refractivity (Wildman–Crippen MR) is 462 cm³/mol. The van der Waals surface area contributed by atoms with Gasteiger partial charge in [0.05, 0.1) is 0 Å². The smallest absolute Gasteiger partial charge is 0.246 e. The zero-order valence-electron chi connectivity index (χ0n) is 73.5. The molecule has 0 spiro atoms. The summed E-state index contributed by atoms with van der Waals surface area (Å²) in [6.07, 6.45) is 7.22. The molecular weight excluding hydrogens is 1370 g/mol. The van der Waals surface area contributed by atoms with Crippen LogP contribution in [0.4, 0.5) is 0 Å². The van der Waals surface area contributed by atoms with Crippen LogP contribution in [0.25, 0.3) is 0 Å². The molecule has 1 heterocycles. The van der Waals surface area contributed by atoms with Crippen molar-refractivity contribution in [2.75, 3.05) is 76.5 Å². The molecule has 25 N–H and O–H groups in total. The second kappa shape index (κ2) is 194. The minimum Gasteiger partial charge on any atom is -0.394 e. The van der Waals surface area contributed by atoms with Crippen molar-refractivity contribution in [1.29, 1.82) is 0 Å². The molecule has 0 aromatic heterocycles. The van der Waals surface area contributed by atoms with E-state index in [1.807, 2.05) is 176 Å². The second-order valence-electron chi connectivity index (χ2n) is 18.4. The third-order valence-corrected chi connectivity index (χ3v) is 10.2. The number of likely N-dealkylation sites (N-methyl/N-ethyl adjacent to an activating group) is 2. The van der Waals surface area contributed by atoms with Gasteiger partial charge in [0.2, 0.25) is 23.6 Å². The fourth-order valence-corrected chi connectivity index (χ4v) is 5.55. The van der Waals surface area contributed by atoms with Gasteiger partial charge in [-0.15, -0.1) is 0 Å². The number of nitrogens with two attached hydrogens (primary N) is 7. The number of hydrogen-bond donors (Lipinski definition) is 12. The van der Waals surface area contributed by atoms with Crippen molar-refractivity contribution >= 4 is 91.5 Å². The average Bonchev–Trinajstić information content (AvgIpc) is 0.822. The van der Waals surface area contributed by atoms with Crippen molar-refractivity contribution in [3.05, 3.63) is 108 Å². The Bertz CT molecular complexity index is 1800. The van der Waals surface area contributed by atoms with E-state index in [2.05, 4.69) is 139 Å². The predicted octanol–water partition coefficient (Wildman–Crippen LogP) is 9.81. The monoisotopic (exact) mass is 1550 g/mol. The number of carbonyl (C=O) groups excluding carboxylic acids is 14. The Labute approximate surface area is 655 Å². The number of amides is 4. The van der Waals surface area contributed by atoms with E-state index in [1.165, 1.54) is 84.5 Å². The molecule has 0 radical (unpaired) electrons. The maximum atomic E-state index is 13.9. The Kier molecular flexibility index (Phi) is 314. The van der Waals surface area contributed by atoms with E-state index >= 15 is 0 Å². The summed E-state index contributed by atoms with van der Waals surface area (Å²) in [7, 11) is 13.7. The summed E-state index contributed by atoms with van der Waals surface area (Å²) in [5, 5.41) is 10.9. The summed E-state index contributed by atoms with van der Waals surface area (Å²) in [6, 6.07) is 27.1. The number of nitrogens with zero attached hydrogens (tertiary/aromatic N) is 3. The summed E-state index contributed by atoms with van der Waals surface area (Å²) in [4.78, 5) is 137. The van der Waals surface area contributed by atoms with Gasteiger partial charge in [0.15, 0.2) is 0 Å². The number of aliphatic hydroxyl groups is 1. The quantitative estimate of drug-likeness (QED) is 0.0757. The minimum atomic E-state index is -0.861. The first-order valence-electron chi connectivity index (χ1n) is 33.9. The van der Waals surface area contributed by atoms with Gasteiger partial charge in [-0.2, -0.15) is 0 Å². The molecule has 4 amide bonds. The molecule has 3 aromatic rings. The van der Waals surface area contributed by atoms with Gasteiger partial charge in [-0.1, -0.05) is 215 Å². The molecule has 0 aliphatic carbocycles. The van der Waals surface area contributed by atoms with Crippen LogP contribution in [0.15, 0.2) is 91.0 Å². The number of piperidine rings is 1. The summed E-state index contributed by atoms with van der Waals surface area (Å²) in [5.41, 5.74) is 34.7. The maximum Gasteiger partial charge on any atom is 0.246 e. The molecule has 0 bridgehead atoms. The number of aliphatic hydroxyl groups excluding tert-OH is 1. The zero-order valence-corrected chi connectivity index (χ0v) is 73.5. The van der Waals surface area contributed by atoms with Crippen LogP contribution in [0.5, 0.6) is 0 Å². The fraction of sp³-hybridized carbons (Fsp3) is 0.590. The summed E-state index contributed by atoms with van der Waals surface area (Å²) in [6.45, 7) is 61.9. The van der Waals surface area contributed by atoms with Gasteiger partial charge >= 0.3 is 0 Å². The molecular formula is C78H174N14O15. The van der Waals surface area contributed by atoms with E-state index in [0.29, 0.717) is 19.5 Å². The normalized spacial score (nSPS) is 8.74. The SMILES string of the molecule is C=O.C=O.C=O.C=O.C=O.C=O.C=O.C=O.C=O.C=O.CC.CC.CC.CC(=O)N(C)[C@@H](Cc1ccccc1)C(=O)N(C)[C@@H](Cc1ccccc1)C(=O)N[C@@H](C)C(=O)N1CCCCC1.CC(C)C.CC(C)O.CCC(C)C.CCC(C)C.CCc1ccccc1.CN.CN.CN.CN.CN.CN.CN.N.N.N. The molecule has 1 aliphatic heterocycles. The molecule has 0 saturated carbocycles. The topological polar surface area (TPSA) is 568 Å². The minimum absolute atomic E-state index is 0. The molecule has 29 nitrogen and oxygen atoms in total. The van der Waals surface area contributed by atoms with Crippen LogP contribution in [-0.2, 0) is 86.4 Å². The second-order valence-corrected chi connectivity index (χ2v) is 18.4. The maximum absolute atomic E-state index is 13.9. The Hall–Kier alpha value is -8.20. The molecule has 646 valence electrons. The highest BCUT2D eigenvalue weighted by molar-refractivity contribution is 5.94. The van der Waals surface area contributed by atoms with E-state index < -0.39 is 24.0 Å². The van der Waals surface area contributed by atoms with E-state index in [9.17, 15) is 19.2 Å². The molecule has 1 fully saturated rings. The first-order valence-corrected chi connectivity index (χ1v) is 33.9. The van der Waals surface area contributed by atoms with Crippen LogP contribution in [0, 0.1) is 17.8 Å². The molecule has 3 atom stereocenters. The van der Waals surface area contributed by atoms with Crippen LogP contribution < -0.4 is 63.9 Å². The largest absolute Gasteiger partial charge is 0.394 e. The number of hydrogen-bond acceptors (Lipinski definition) is 25. The van der Waals surface area contributed by atoms with Gasteiger partial charge in [0.25, 0.3) is 0 Å². The lowest BCUT2D eigenvalue weighted by molar-refractivity contribution is -0.147. The lowest BCUT2D eigenvalue weighted by Crippen LogP contribution is -2.58. The van der Waals surface area contributed by atoms with Crippen molar-refractivity contribution < 1.29 is 72.2 Å². The van der Waals surface area contributed by atoms with Crippen LogP contribution >= 0.6 is 0 Å². The molecule has 1 aliphatic rings. The van der Waals surface area contributed by atoms with Crippen LogP contribution in [-0.4, -0.2) is 212 Å². The fourth-order valence-electron chi connectivity index (χ4n) is 5.55. The summed E-state index contributed by atoms with van der Waals surface area (Å²) in [5.74, 6) is 1.52. The molecule has 4 rings (SSSR count). The van der Waals surface area contributed by atoms with E-state index in [-0.39, 0.29) is 48.7 Å². The number of rotatable bonds is 13.